The van der Waals surface area contributed by atoms with Gasteiger partial charge in [0, 0.05) is 19.5 Å². The van der Waals surface area contributed by atoms with Crippen LogP contribution in [0.15, 0.2) is 0 Å². The van der Waals surface area contributed by atoms with Crippen molar-refractivity contribution < 1.29 is 4.79 Å². The fourth-order valence-corrected chi connectivity index (χ4v) is 1.54. The van der Waals surface area contributed by atoms with Crippen LogP contribution >= 0.6 is 0 Å². The number of hydrogen-bond donors (Lipinski definition) is 0. The molecule has 0 aromatic carbocycles. The van der Waals surface area contributed by atoms with Gasteiger partial charge in [0.2, 0.25) is 5.91 Å². The van der Waals surface area contributed by atoms with Gasteiger partial charge in [0.25, 0.3) is 0 Å². The smallest absolute Gasteiger partial charge is 0.225 e. The number of carbonyl (C=O) groups is 1. The molecule has 0 saturated heterocycles. The zero-order valence-electron chi connectivity index (χ0n) is 9.63. The van der Waals surface area contributed by atoms with Crippen molar-refractivity contribution in [1.29, 1.82) is 0 Å². The molecular weight excluding hydrogens is 162 g/mol. The van der Waals surface area contributed by atoms with E-state index in [1.807, 2.05) is 18.9 Å². The highest BCUT2D eigenvalue weighted by Gasteiger charge is 2.23. The molecule has 0 aromatic rings. The molecule has 0 N–H and O–H groups in total. The normalized spacial score (nSPS) is 15.2. The van der Waals surface area contributed by atoms with Crippen molar-refractivity contribution in [1.82, 2.24) is 4.90 Å². The fraction of sp³-hybridized carbons (Fsp3) is 0.909. The Kier molecular flexibility index (Phi) is 5.76. The fourth-order valence-electron chi connectivity index (χ4n) is 1.54. The van der Waals surface area contributed by atoms with E-state index >= 15 is 0 Å². The van der Waals surface area contributed by atoms with Gasteiger partial charge in [0.1, 0.15) is 0 Å². The summed E-state index contributed by atoms with van der Waals surface area (Å²) in [5, 5.41) is 0. The van der Waals surface area contributed by atoms with E-state index in [0.717, 1.165) is 19.4 Å². The van der Waals surface area contributed by atoms with Crippen molar-refractivity contribution in [2.45, 2.75) is 40.5 Å². The molecule has 13 heavy (non-hydrogen) atoms. The lowest BCUT2D eigenvalue weighted by atomic mass is 9.88. The zero-order valence-corrected chi connectivity index (χ0v) is 9.63. The maximum Gasteiger partial charge on any atom is 0.225 e. The Morgan fingerprint density at radius 3 is 2.08 bits per heavy atom. The first-order valence-electron chi connectivity index (χ1n) is 5.33. The van der Waals surface area contributed by atoms with Crippen LogP contribution in [0.1, 0.15) is 40.5 Å². The standard InChI is InChI=1S/C11H23NO/c1-6-9(4)10(7-2)11(13)12(5)8-3/h9-10H,6-8H2,1-5H3/t9?,10-/m0/s1. The Bertz CT molecular complexity index is 156. The van der Waals surface area contributed by atoms with E-state index in [1.54, 1.807) is 0 Å². The monoisotopic (exact) mass is 185 g/mol. The van der Waals surface area contributed by atoms with Gasteiger partial charge in [0.05, 0.1) is 0 Å². The maximum atomic E-state index is 11.8. The number of nitrogens with zero attached hydrogens (tertiary/aromatic N) is 1. The third kappa shape index (κ3) is 3.37. The summed E-state index contributed by atoms with van der Waals surface area (Å²) in [6.45, 7) is 9.23. The Labute approximate surface area is 82.3 Å². The topological polar surface area (TPSA) is 20.3 Å². The van der Waals surface area contributed by atoms with Gasteiger partial charge in [-0.3, -0.25) is 4.79 Å². The molecule has 1 amide bonds. The zero-order chi connectivity index (χ0) is 10.4. The third-order valence-corrected chi connectivity index (χ3v) is 2.94. The van der Waals surface area contributed by atoms with Gasteiger partial charge in [-0.15, -0.1) is 0 Å². The SMILES string of the molecule is CCC(C)[C@H](CC)C(=O)N(C)CC. The second-order valence-electron chi connectivity index (χ2n) is 3.75. The van der Waals surface area contributed by atoms with Gasteiger partial charge in [-0.25, -0.2) is 0 Å². The molecule has 0 heterocycles. The van der Waals surface area contributed by atoms with E-state index < -0.39 is 0 Å². The summed E-state index contributed by atoms with van der Waals surface area (Å²) in [7, 11) is 1.88. The molecule has 2 heteroatoms. The highest BCUT2D eigenvalue weighted by atomic mass is 16.2. The predicted molar refractivity (Wildman–Crippen MR) is 56.5 cm³/mol. The van der Waals surface area contributed by atoms with E-state index in [0.29, 0.717) is 11.8 Å². The molecule has 0 aliphatic rings. The van der Waals surface area contributed by atoms with Crippen molar-refractivity contribution in [3.8, 4) is 0 Å². The maximum absolute atomic E-state index is 11.8. The average molecular weight is 185 g/mol. The van der Waals surface area contributed by atoms with Crippen LogP contribution in [0.3, 0.4) is 0 Å². The molecule has 0 aliphatic heterocycles. The van der Waals surface area contributed by atoms with Gasteiger partial charge in [-0.05, 0) is 19.3 Å². The summed E-state index contributed by atoms with van der Waals surface area (Å²) >= 11 is 0. The summed E-state index contributed by atoms with van der Waals surface area (Å²) in [4.78, 5) is 13.7. The molecule has 78 valence electrons. The van der Waals surface area contributed by atoms with Crippen LogP contribution in [-0.4, -0.2) is 24.4 Å². The minimum atomic E-state index is 0.218. The van der Waals surface area contributed by atoms with Crippen LogP contribution in [0.25, 0.3) is 0 Å². The van der Waals surface area contributed by atoms with Gasteiger partial charge in [-0.1, -0.05) is 27.2 Å². The second-order valence-corrected chi connectivity index (χ2v) is 3.75. The van der Waals surface area contributed by atoms with Crippen molar-refractivity contribution in [3.05, 3.63) is 0 Å². The molecule has 0 saturated carbocycles. The van der Waals surface area contributed by atoms with Crippen LogP contribution in [-0.2, 0) is 4.79 Å². The van der Waals surface area contributed by atoms with Gasteiger partial charge in [-0.2, -0.15) is 0 Å². The van der Waals surface area contributed by atoms with Crippen molar-refractivity contribution >= 4 is 5.91 Å². The molecule has 0 bridgehead atoms. The molecule has 1 unspecified atom stereocenters. The Morgan fingerprint density at radius 1 is 1.23 bits per heavy atom. The van der Waals surface area contributed by atoms with Crippen LogP contribution < -0.4 is 0 Å². The van der Waals surface area contributed by atoms with E-state index in [9.17, 15) is 4.79 Å². The lowest BCUT2D eigenvalue weighted by Gasteiger charge is -2.25. The minimum Gasteiger partial charge on any atom is -0.346 e. The van der Waals surface area contributed by atoms with Crippen LogP contribution in [0.2, 0.25) is 0 Å². The quantitative estimate of drug-likeness (QED) is 0.644. The predicted octanol–water partition coefficient (Wildman–Crippen LogP) is 2.54. The molecule has 0 radical (unpaired) electrons. The van der Waals surface area contributed by atoms with E-state index in [2.05, 4.69) is 20.8 Å². The van der Waals surface area contributed by atoms with E-state index in [4.69, 9.17) is 0 Å². The molecule has 0 aromatic heterocycles. The first-order chi connectivity index (χ1) is 6.08. The van der Waals surface area contributed by atoms with Crippen molar-refractivity contribution in [2.75, 3.05) is 13.6 Å². The Morgan fingerprint density at radius 2 is 1.77 bits per heavy atom. The average Bonchev–Trinajstić information content (AvgIpc) is 2.17. The summed E-state index contributed by atoms with van der Waals surface area (Å²) in [6.07, 6.45) is 2.04. The van der Waals surface area contributed by atoms with Crippen molar-refractivity contribution in [2.24, 2.45) is 11.8 Å². The molecule has 0 fully saturated rings. The molecule has 0 spiro atoms. The largest absolute Gasteiger partial charge is 0.346 e. The molecule has 0 rings (SSSR count). The van der Waals surface area contributed by atoms with Crippen LogP contribution in [0, 0.1) is 11.8 Å². The summed E-state index contributed by atoms with van der Waals surface area (Å²) in [6, 6.07) is 0. The van der Waals surface area contributed by atoms with Gasteiger partial charge >= 0.3 is 0 Å². The van der Waals surface area contributed by atoms with Crippen molar-refractivity contribution in [3.63, 3.8) is 0 Å². The first kappa shape index (κ1) is 12.5. The highest BCUT2D eigenvalue weighted by molar-refractivity contribution is 5.78. The Hall–Kier alpha value is -0.530. The second kappa shape index (κ2) is 6.01. The Balaban J connectivity index is 4.31. The van der Waals surface area contributed by atoms with Gasteiger partial charge in [0.15, 0.2) is 0 Å². The van der Waals surface area contributed by atoms with E-state index in [1.165, 1.54) is 0 Å². The molecule has 0 aliphatic carbocycles. The number of hydrogen-bond acceptors (Lipinski definition) is 1. The molecule has 2 atom stereocenters. The van der Waals surface area contributed by atoms with Crippen LogP contribution in [0.4, 0.5) is 0 Å². The van der Waals surface area contributed by atoms with Gasteiger partial charge < -0.3 is 4.90 Å². The summed E-state index contributed by atoms with van der Waals surface area (Å²) in [5.41, 5.74) is 0. The first-order valence-corrected chi connectivity index (χ1v) is 5.33. The lowest BCUT2D eigenvalue weighted by Crippen LogP contribution is -2.35. The third-order valence-electron chi connectivity index (χ3n) is 2.94. The van der Waals surface area contributed by atoms with E-state index in [-0.39, 0.29) is 5.92 Å². The highest BCUT2D eigenvalue weighted by Crippen LogP contribution is 2.20. The van der Waals surface area contributed by atoms with Crippen LogP contribution in [0.5, 0.6) is 0 Å². The summed E-state index contributed by atoms with van der Waals surface area (Å²) < 4.78 is 0. The number of amides is 1. The lowest BCUT2D eigenvalue weighted by molar-refractivity contribution is -0.135. The minimum absolute atomic E-state index is 0.218. The number of carbonyl (C=O) groups excluding carboxylic acids is 1. The summed E-state index contributed by atoms with van der Waals surface area (Å²) in [5.74, 6) is 1.03. The number of rotatable bonds is 5. The molecule has 2 nitrogen and oxygen atoms in total. The molecular formula is C11H23NO.